The first-order chi connectivity index (χ1) is 23.7. The van der Waals surface area contributed by atoms with Crippen molar-refractivity contribution in [2.75, 3.05) is 13.2 Å². The van der Waals surface area contributed by atoms with Gasteiger partial charge < -0.3 is 99.5 Å². The molecule has 0 aliphatic carbocycles. The Morgan fingerprint density at radius 2 is 1.00 bits per heavy atom. The predicted molar refractivity (Wildman–Crippen MR) is 145 cm³/mol. The second-order valence-electron chi connectivity index (χ2n) is 11.7. The fourth-order valence-electron chi connectivity index (χ4n) is 5.72. The molecular weight excluding hydrogens is 736 g/mol. The fraction of sp³-hybridized carbons (Fsp3) is 0.917. The normalized spacial score (nSPS) is 48.2. The number of carboxylic acids is 2. The van der Waals surface area contributed by atoms with Gasteiger partial charge in [-0.25, -0.2) is 13.8 Å². The zero-order chi connectivity index (χ0) is 38.3. The van der Waals surface area contributed by atoms with Gasteiger partial charge in [-0.1, -0.05) is 0 Å². The van der Waals surface area contributed by atoms with E-state index < -0.39 is 158 Å². The Hall–Kier alpha value is -1.91. The van der Waals surface area contributed by atoms with E-state index in [0.29, 0.717) is 0 Å². The zero-order valence-corrected chi connectivity index (χ0v) is 26.3. The maximum atomic E-state index is 12.2. The Bertz CT molecular complexity index is 1300. The monoisotopic (exact) mass is 774 g/mol. The summed E-state index contributed by atoms with van der Waals surface area (Å²) >= 11 is 0. The first-order valence-corrected chi connectivity index (χ1v) is 16.1. The third kappa shape index (κ3) is 8.91. The van der Waals surface area contributed by atoms with Crippen LogP contribution in [0, 0.1) is 0 Å². The molecule has 27 heteroatoms. The maximum Gasteiger partial charge on any atom is 0.397 e. The van der Waals surface area contributed by atoms with Crippen molar-refractivity contribution in [3.63, 3.8) is 0 Å². The molecule has 0 aromatic carbocycles. The van der Waals surface area contributed by atoms with Crippen LogP contribution in [0.15, 0.2) is 0 Å². The largest absolute Gasteiger partial charge is 0.479 e. The summed E-state index contributed by atoms with van der Waals surface area (Å²) in [5.41, 5.74) is 0. The lowest BCUT2D eigenvalue weighted by atomic mass is 9.95. The van der Waals surface area contributed by atoms with E-state index in [1.165, 1.54) is 0 Å². The van der Waals surface area contributed by atoms with E-state index in [1.54, 1.807) is 0 Å². The summed E-state index contributed by atoms with van der Waals surface area (Å²) in [7, 11) is -5.67. The van der Waals surface area contributed by atoms with Crippen LogP contribution in [0.2, 0.25) is 0 Å². The Morgan fingerprint density at radius 1 is 0.510 bits per heavy atom. The van der Waals surface area contributed by atoms with E-state index in [2.05, 4.69) is 4.18 Å². The second-order valence-corrected chi connectivity index (χ2v) is 12.8. The topological polar surface area (TPSA) is 425 Å². The number of rotatable bonds is 12. The van der Waals surface area contributed by atoms with Crippen molar-refractivity contribution in [1.82, 2.24) is 0 Å². The highest BCUT2D eigenvalue weighted by molar-refractivity contribution is 7.80. The molecule has 0 bridgehead atoms. The number of aliphatic carboxylic acids is 2. The highest BCUT2D eigenvalue weighted by Gasteiger charge is 2.58. The number of ether oxygens (including phenoxy) is 7. The minimum atomic E-state index is -5.67. The van der Waals surface area contributed by atoms with Crippen molar-refractivity contribution in [3.8, 4) is 0 Å². The van der Waals surface area contributed by atoms with Crippen LogP contribution in [0.25, 0.3) is 0 Å². The number of carbonyl (C=O) groups is 2. The van der Waals surface area contributed by atoms with Crippen LogP contribution in [0.4, 0.5) is 0 Å². The van der Waals surface area contributed by atoms with Crippen molar-refractivity contribution in [2.45, 2.75) is 123 Å². The molecule has 20 atom stereocenters. The summed E-state index contributed by atoms with van der Waals surface area (Å²) in [6, 6.07) is 0. The predicted octanol–water partition coefficient (Wildman–Crippen LogP) is -9.74. The Labute approximate surface area is 285 Å². The van der Waals surface area contributed by atoms with E-state index in [0.717, 1.165) is 0 Å². The van der Waals surface area contributed by atoms with Gasteiger partial charge >= 0.3 is 22.3 Å². The summed E-state index contributed by atoms with van der Waals surface area (Å²) in [6.45, 7) is -2.00. The average molecular weight is 775 g/mol. The maximum absolute atomic E-state index is 12.2. The molecule has 4 aliphatic rings. The van der Waals surface area contributed by atoms with Gasteiger partial charge in [0.15, 0.2) is 43.5 Å². The SMILES string of the molecule is O=C(O)[C@H]1O[C@H](O[C@@H]2[C@H](O)[C@@H](O)[C@H](O)O[C@@H]2CO)[C@H](OS(=O)(=O)O)[C@@H](O[C@@H]2O[C@H](C(=O)O)[C@@H](O[C@@H]3O[C@H](CO)[C@@H](O)[C@H](O)[C@H]3O)[C@H](O)[C@H]2O)[C@H]1O. The van der Waals surface area contributed by atoms with Crippen LogP contribution in [-0.2, 0) is 57.3 Å². The molecule has 0 amide bonds. The van der Waals surface area contributed by atoms with Gasteiger partial charge in [-0.05, 0) is 0 Å². The van der Waals surface area contributed by atoms with Gasteiger partial charge in [0.2, 0.25) is 0 Å². The number of carboxylic acid groups (broad SMARTS) is 2. The summed E-state index contributed by atoms with van der Waals surface area (Å²) in [5.74, 6) is -3.99. The molecule has 0 radical (unpaired) electrons. The van der Waals surface area contributed by atoms with E-state index in [-0.39, 0.29) is 0 Å². The van der Waals surface area contributed by atoms with E-state index in [1.807, 2.05) is 0 Å². The van der Waals surface area contributed by atoms with Crippen molar-refractivity contribution in [1.29, 1.82) is 0 Å². The van der Waals surface area contributed by atoms with Crippen LogP contribution in [0.1, 0.15) is 0 Å². The molecular formula is C24H38O26S. The summed E-state index contributed by atoms with van der Waals surface area (Å²) in [6.07, 6.45) is -44.6. The van der Waals surface area contributed by atoms with Gasteiger partial charge in [0.05, 0.1) is 13.2 Å². The summed E-state index contributed by atoms with van der Waals surface area (Å²) in [4.78, 5) is 24.2. The fourth-order valence-corrected chi connectivity index (χ4v) is 6.20. The standard InChI is InChI=1S/C24H38O26S/c25-1-3-5(27)6(28)10(32)22(44-3)46-14-8(30)11(33)23(49-17(14)20(37)38)47-15-12(34)16(19(35)36)48-24(18(15)50-51(40,41)42)45-13-4(2-26)43-21(39)9(31)7(13)29/h3-18,21-34,39H,1-2H2,(H,35,36)(H,37,38)(H,40,41,42)/t3-,4-,5-,6+,7-,8-,9-,10-,11-,12-,13+,14+,15+,16+,17+,18-,21-,22+,23-,24+/m1/s1. The molecule has 0 aromatic rings. The molecule has 0 aromatic heterocycles. The Kier molecular flexibility index (Phi) is 13.6. The number of aliphatic hydroxyl groups excluding tert-OH is 11. The van der Waals surface area contributed by atoms with Crippen molar-refractivity contribution in [3.05, 3.63) is 0 Å². The van der Waals surface area contributed by atoms with Gasteiger partial charge in [0.1, 0.15) is 79.4 Å². The van der Waals surface area contributed by atoms with E-state index in [9.17, 15) is 88.9 Å². The van der Waals surface area contributed by atoms with Crippen molar-refractivity contribution < 1.29 is 126 Å². The minimum Gasteiger partial charge on any atom is -0.479 e. The van der Waals surface area contributed by atoms with Gasteiger partial charge in [-0.3, -0.25) is 4.55 Å². The molecule has 0 spiro atoms. The lowest BCUT2D eigenvalue weighted by molar-refractivity contribution is -0.380. The van der Waals surface area contributed by atoms with E-state index >= 15 is 0 Å². The number of hydrogen-bond donors (Lipinski definition) is 14. The lowest BCUT2D eigenvalue weighted by Crippen LogP contribution is -2.68. The minimum absolute atomic E-state index is 0.937. The quantitative estimate of drug-likeness (QED) is 0.0818. The molecule has 4 saturated heterocycles. The molecule has 4 rings (SSSR count). The molecule has 4 fully saturated rings. The Morgan fingerprint density at radius 3 is 1.55 bits per heavy atom. The van der Waals surface area contributed by atoms with Gasteiger partial charge in [-0.15, -0.1) is 0 Å². The second kappa shape index (κ2) is 16.6. The van der Waals surface area contributed by atoms with Crippen LogP contribution in [-0.4, -0.2) is 227 Å². The van der Waals surface area contributed by atoms with Gasteiger partial charge in [-0.2, -0.15) is 8.42 Å². The zero-order valence-electron chi connectivity index (χ0n) is 25.5. The molecule has 51 heavy (non-hydrogen) atoms. The van der Waals surface area contributed by atoms with Crippen LogP contribution < -0.4 is 0 Å². The average Bonchev–Trinajstić information content (AvgIpc) is 3.05. The molecule has 296 valence electrons. The van der Waals surface area contributed by atoms with Crippen LogP contribution in [0.5, 0.6) is 0 Å². The first kappa shape index (κ1) is 41.8. The first-order valence-electron chi connectivity index (χ1n) is 14.8. The number of hydrogen-bond acceptors (Lipinski definition) is 23. The van der Waals surface area contributed by atoms with Crippen LogP contribution in [0.3, 0.4) is 0 Å². The number of aliphatic hydroxyl groups is 11. The summed E-state index contributed by atoms with van der Waals surface area (Å²) in [5, 5.41) is 132. The smallest absolute Gasteiger partial charge is 0.397 e. The highest BCUT2D eigenvalue weighted by Crippen LogP contribution is 2.36. The van der Waals surface area contributed by atoms with Gasteiger partial charge in [0, 0.05) is 0 Å². The lowest BCUT2D eigenvalue weighted by Gasteiger charge is -2.48. The molecule has 0 unspecified atom stereocenters. The molecule has 14 N–H and O–H groups in total. The molecule has 0 saturated carbocycles. The van der Waals surface area contributed by atoms with Gasteiger partial charge in [0.25, 0.3) is 0 Å². The van der Waals surface area contributed by atoms with Crippen molar-refractivity contribution >= 4 is 22.3 Å². The Balaban J connectivity index is 1.64. The molecule has 4 heterocycles. The molecule has 26 nitrogen and oxygen atoms in total. The van der Waals surface area contributed by atoms with E-state index in [4.69, 9.17) is 33.2 Å². The highest BCUT2D eigenvalue weighted by atomic mass is 32.3. The van der Waals surface area contributed by atoms with Crippen LogP contribution >= 0.6 is 0 Å². The third-order valence-corrected chi connectivity index (χ3v) is 8.81. The third-order valence-electron chi connectivity index (χ3n) is 8.35. The van der Waals surface area contributed by atoms with Crippen molar-refractivity contribution in [2.24, 2.45) is 0 Å². The molecule has 4 aliphatic heterocycles. The summed E-state index contributed by atoms with van der Waals surface area (Å²) < 4.78 is 74.1.